The molecule has 2 aromatic heterocycles. The number of thiazole rings is 1. The summed E-state index contributed by atoms with van der Waals surface area (Å²) < 4.78 is 0. The first-order chi connectivity index (χ1) is 7.33. The van der Waals surface area contributed by atoms with Gasteiger partial charge in [-0.15, -0.1) is 11.3 Å². The summed E-state index contributed by atoms with van der Waals surface area (Å²) in [5.41, 5.74) is 7.93. The lowest BCUT2D eigenvalue weighted by molar-refractivity contribution is 0.351. The highest BCUT2D eigenvalue weighted by Crippen LogP contribution is 2.38. The summed E-state index contributed by atoms with van der Waals surface area (Å²) >= 11 is 1.75. The summed E-state index contributed by atoms with van der Waals surface area (Å²) in [4.78, 5) is 7.81. The molecule has 0 aromatic carbocycles. The van der Waals surface area contributed by atoms with Crippen LogP contribution in [0.15, 0.2) is 23.7 Å². The van der Waals surface area contributed by atoms with Crippen molar-refractivity contribution in [3.05, 3.63) is 28.7 Å². The molecule has 0 saturated heterocycles. The fraction of sp³-hybridized carbons (Fsp3) is 0.364. The minimum atomic E-state index is 0.396. The second kappa shape index (κ2) is 3.47. The van der Waals surface area contributed by atoms with Crippen molar-refractivity contribution >= 4 is 11.3 Å². The van der Waals surface area contributed by atoms with Crippen LogP contribution >= 0.6 is 11.3 Å². The minimum Gasteiger partial charge on any atom is -0.360 e. The minimum absolute atomic E-state index is 0.396. The maximum absolute atomic E-state index is 5.78. The summed E-state index contributed by atoms with van der Waals surface area (Å²) in [5.74, 6) is 0.605. The Kier molecular flexibility index (Phi) is 2.11. The van der Waals surface area contributed by atoms with Crippen LogP contribution in [0.1, 0.15) is 23.8 Å². The molecule has 1 aliphatic carbocycles. The summed E-state index contributed by atoms with van der Waals surface area (Å²) in [7, 11) is 0. The Morgan fingerprint density at radius 1 is 1.47 bits per heavy atom. The van der Waals surface area contributed by atoms with Crippen molar-refractivity contribution in [3.63, 3.8) is 0 Å². The average Bonchev–Trinajstić information content (AvgIpc) is 2.83. The van der Waals surface area contributed by atoms with Gasteiger partial charge >= 0.3 is 0 Å². The van der Waals surface area contributed by atoms with Crippen LogP contribution in [-0.4, -0.2) is 16.0 Å². The molecule has 0 aliphatic heterocycles. The molecule has 78 valence electrons. The number of nitrogens with one attached hydrogen (secondary N) is 1. The standard InChI is InChI=1S/C11H13N3S/c12-8-4-7(5-8)11-14-10(6-15-11)9-2-1-3-13-9/h1-3,6-8,13H,4-5,12H2. The van der Waals surface area contributed by atoms with E-state index in [1.165, 1.54) is 5.01 Å². The maximum Gasteiger partial charge on any atom is 0.0976 e. The molecule has 2 heterocycles. The Labute approximate surface area is 92.4 Å². The van der Waals surface area contributed by atoms with Gasteiger partial charge in [-0.2, -0.15) is 0 Å². The highest BCUT2D eigenvalue weighted by atomic mass is 32.1. The van der Waals surface area contributed by atoms with Gasteiger partial charge in [0.25, 0.3) is 0 Å². The van der Waals surface area contributed by atoms with E-state index in [1.54, 1.807) is 11.3 Å². The lowest BCUT2D eigenvalue weighted by Crippen LogP contribution is -2.34. The number of H-pyrrole nitrogens is 1. The van der Waals surface area contributed by atoms with E-state index in [9.17, 15) is 0 Å². The highest BCUT2D eigenvalue weighted by Gasteiger charge is 2.29. The molecule has 4 heteroatoms. The summed E-state index contributed by atoms with van der Waals surface area (Å²) in [6, 6.07) is 4.44. The van der Waals surface area contributed by atoms with Gasteiger partial charge in [-0.1, -0.05) is 0 Å². The monoisotopic (exact) mass is 219 g/mol. The molecule has 0 radical (unpaired) electrons. The molecule has 0 unspecified atom stereocenters. The first-order valence-electron chi connectivity index (χ1n) is 5.17. The van der Waals surface area contributed by atoms with Crippen LogP contribution in [-0.2, 0) is 0 Å². The summed E-state index contributed by atoms with van der Waals surface area (Å²) in [5, 5.41) is 3.35. The number of hydrogen-bond acceptors (Lipinski definition) is 3. The van der Waals surface area contributed by atoms with Crippen LogP contribution < -0.4 is 5.73 Å². The van der Waals surface area contributed by atoms with Crippen LogP contribution in [0.4, 0.5) is 0 Å². The van der Waals surface area contributed by atoms with Gasteiger partial charge in [0.05, 0.1) is 16.4 Å². The number of aromatic nitrogens is 2. The van der Waals surface area contributed by atoms with Crippen LogP contribution in [0.3, 0.4) is 0 Å². The van der Waals surface area contributed by atoms with Crippen molar-refractivity contribution in [1.29, 1.82) is 0 Å². The van der Waals surface area contributed by atoms with E-state index in [4.69, 9.17) is 5.73 Å². The van der Waals surface area contributed by atoms with Crippen molar-refractivity contribution in [2.24, 2.45) is 5.73 Å². The van der Waals surface area contributed by atoms with Gasteiger partial charge in [-0.3, -0.25) is 0 Å². The zero-order valence-corrected chi connectivity index (χ0v) is 9.13. The second-order valence-corrected chi connectivity index (χ2v) is 4.97. The molecular formula is C11H13N3S. The van der Waals surface area contributed by atoms with Crippen molar-refractivity contribution in [2.45, 2.75) is 24.8 Å². The number of rotatable bonds is 2. The summed E-state index contributed by atoms with van der Waals surface area (Å²) in [6.45, 7) is 0. The quantitative estimate of drug-likeness (QED) is 0.814. The van der Waals surface area contributed by atoms with E-state index in [1.807, 2.05) is 18.3 Å². The lowest BCUT2D eigenvalue weighted by atomic mass is 9.81. The normalized spacial score (nSPS) is 25.1. The molecule has 3 nitrogen and oxygen atoms in total. The van der Waals surface area contributed by atoms with Crippen molar-refractivity contribution in [1.82, 2.24) is 9.97 Å². The molecule has 15 heavy (non-hydrogen) atoms. The van der Waals surface area contributed by atoms with Crippen LogP contribution in [0, 0.1) is 0 Å². The SMILES string of the molecule is NC1CC(c2nc(-c3ccc[nH]3)cs2)C1. The molecule has 1 saturated carbocycles. The Bertz CT molecular complexity index is 440. The molecule has 1 aliphatic rings. The van der Waals surface area contributed by atoms with Gasteiger partial charge in [0, 0.05) is 23.5 Å². The lowest BCUT2D eigenvalue weighted by Gasteiger charge is -2.30. The Morgan fingerprint density at radius 2 is 2.33 bits per heavy atom. The Balaban J connectivity index is 1.82. The number of aromatic amines is 1. The molecule has 1 fully saturated rings. The molecule has 2 aromatic rings. The van der Waals surface area contributed by atoms with E-state index in [2.05, 4.69) is 15.3 Å². The van der Waals surface area contributed by atoms with E-state index < -0.39 is 0 Å². The third-order valence-corrected chi connectivity index (χ3v) is 3.93. The fourth-order valence-corrected chi connectivity index (χ4v) is 2.90. The predicted octanol–water partition coefficient (Wildman–Crippen LogP) is 2.34. The fourth-order valence-electron chi connectivity index (χ4n) is 1.95. The molecular weight excluding hydrogens is 206 g/mol. The van der Waals surface area contributed by atoms with Gasteiger partial charge < -0.3 is 10.7 Å². The van der Waals surface area contributed by atoms with Crippen LogP contribution in [0.25, 0.3) is 11.4 Å². The number of hydrogen-bond donors (Lipinski definition) is 2. The van der Waals surface area contributed by atoms with E-state index in [-0.39, 0.29) is 0 Å². The number of nitrogens with zero attached hydrogens (tertiary/aromatic N) is 1. The molecule has 3 rings (SSSR count). The summed E-state index contributed by atoms with van der Waals surface area (Å²) in [6.07, 6.45) is 4.11. The topological polar surface area (TPSA) is 54.7 Å². The Morgan fingerprint density at radius 3 is 3.00 bits per heavy atom. The van der Waals surface area contributed by atoms with E-state index >= 15 is 0 Å². The first-order valence-corrected chi connectivity index (χ1v) is 6.05. The molecule has 0 spiro atoms. The maximum atomic E-state index is 5.78. The van der Waals surface area contributed by atoms with E-state index in [0.29, 0.717) is 12.0 Å². The van der Waals surface area contributed by atoms with Crippen LogP contribution in [0.5, 0.6) is 0 Å². The van der Waals surface area contributed by atoms with Gasteiger partial charge in [-0.05, 0) is 25.0 Å². The molecule has 0 bridgehead atoms. The van der Waals surface area contributed by atoms with Crippen molar-refractivity contribution in [2.75, 3.05) is 0 Å². The smallest absolute Gasteiger partial charge is 0.0976 e. The third-order valence-electron chi connectivity index (χ3n) is 2.92. The highest BCUT2D eigenvalue weighted by molar-refractivity contribution is 7.10. The van der Waals surface area contributed by atoms with Gasteiger partial charge in [0.2, 0.25) is 0 Å². The second-order valence-electron chi connectivity index (χ2n) is 4.08. The first kappa shape index (κ1) is 9.12. The number of nitrogens with two attached hydrogens (primary N) is 1. The molecule has 0 atom stereocenters. The third kappa shape index (κ3) is 1.60. The van der Waals surface area contributed by atoms with Crippen molar-refractivity contribution in [3.8, 4) is 11.4 Å². The van der Waals surface area contributed by atoms with E-state index in [0.717, 1.165) is 24.2 Å². The largest absolute Gasteiger partial charge is 0.360 e. The average molecular weight is 219 g/mol. The van der Waals surface area contributed by atoms with Gasteiger partial charge in [-0.25, -0.2) is 4.98 Å². The zero-order valence-electron chi connectivity index (χ0n) is 8.31. The molecule has 0 amide bonds. The molecule has 3 N–H and O–H groups in total. The van der Waals surface area contributed by atoms with Crippen molar-refractivity contribution < 1.29 is 0 Å². The van der Waals surface area contributed by atoms with Gasteiger partial charge in [0.1, 0.15) is 0 Å². The van der Waals surface area contributed by atoms with Crippen LogP contribution in [0.2, 0.25) is 0 Å². The predicted molar refractivity (Wildman–Crippen MR) is 61.9 cm³/mol. The zero-order chi connectivity index (χ0) is 10.3. The Hall–Kier alpha value is -1.13. The van der Waals surface area contributed by atoms with Gasteiger partial charge in [0.15, 0.2) is 0 Å².